The van der Waals surface area contributed by atoms with Crippen LogP contribution in [0.25, 0.3) is 0 Å². The van der Waals surface area contributed by atoms with Crippen LogP contribution in [-0.4, -0.2) is 43.8 Å². The van der Waals surface area contributed by atoms with Crippen molar-refractivity contribution in [2.24, 2.45) is 0 Å². The number of rotatable bonds is 12. The maximum atomic E-state index is 14.5. The summed E-state index contributed by atoms with van der Waals surface area (Å²) in [5, 5.41) is 3.63. The van der Waals surface area contributed by atoms with Gasteiger partial charge in [0.15, 0.2) is 0 Å². The van der Waals surface area contributed by atoms with Gasteiger partial charge in [0, 0.05) is 28.5 Å². The lowest BCUT2D eigenvalue weighted by atomic mass is 10.0. The molecule has 7 nitrogen and oxygen atoms in total. The third kappa shape index (κ3) is 8.54. The summed E-state index contributed by atoms with van der Waals surface area (Å²) in [6.45, 7) is -0.404. The molecule has 0 aromatic heterocycles. The molecule has 10 heteroatoms. The van der Waals surface area contributed by atoms with Crippen molar-refractivity contribution < 1.29 is 18.0 Å². The van der Waals surface area contributed by atoms with E-state index in [0.29, 0.717) is 5.02 Å². The van der Waals surface area contributed by atoms with E-state index in [1.54, 1.807) is 42.5 Å². The number of amides is 2. The molecular formula is C35H35BrClN3O4S. The zero-order chi connectivity index (χ0) is 31.8. The van der Waals surface area contributed by atoms with E-state index < -0.39 is 28.5 Å². The van der Waals surface area contributed by atoms with Crippen LogP contribution in [0, 0.1) is 0 Å². The molecule has 45 heavy (non-hydrogen) atoms. The van der Waals surface area contributed by atoms with E-state index >= 15 is 0 Å². The lowest BCUT2D eigenvalue weighted by Gasteiger charge is -2.34. The third-order valence-corrected chi connectivity index (χ3v) is 10.5. The largest absolute Gasteiger partial charge is 0.352 e. The Morgan fingerprint density at radius 3 is 2.04 bits per heavy atom. The molecule has 0 aliphatic heterocycles. The van der Waals surface area contributed by atoms with Crippen molar-refractivity contribution in [2.45, 2.75) is 55.6 Å². The fourth-order valence-corrected chi connectivity index (χ4v) is 7.39. The van der Waals surface area contributed by atoms with Gasteiger partial charge >= 0.3 is 0 Å². The van der Waals surface area contributed by atoms with E-state index in [4.69, 9.17) is 11.6 Å². The summed E-state index contributed by atoms with van der Waals surface area (Å²) >= 11 is 9.60. The van der Waals surface area contributed by atoms with Gasteiger partial charge in [-0.05, 0) is 72.5 Å². The van der Waals surface area contributed by atoms with Crippen LogP contribution in [0.15, 0.2) is 119 Å². The van der Waals surface area contributed by atoms with Crippen LogP contribution in [0.4, 0.5) is 5.69 Å². The Labute approximate surface area is 278 Å². The zero-order valence-corrected chi connectivity index (χ0v) is 27.8. The van der Waals surface area contributed by atoms with Crippen LogP contribution < -0.4 is 9.62 Å². The lowest BCUT2D eigenvalue weighted by molar-refractivity contribution is -0.140. The summed E-state index contributed by atoms with van der Waals surface area (Å²) in [4.78, 5) is 30.1. The van der Waals surface area contributed by atoms with Gasteiger partial charge in [0.1, 0.15) is 12.6 Å². The second-order valence-corrected chi connectivity index (χ2v) is 14.4. The minimum Gasteiger partial charge on any atom is -0.352 e. The second kappa shape index (κ2) is 15.1. The molecule has 1 N–H and O–H groups in total. The Balaban J connectivity index is 1.55. The van der Waals surface area contributed by atoms with Crippen LogP contribution in [0.3, 0.4) is 0 Å². The van der Waals surface area contributed by atoms with Crippen molar-refractivity contribution in [1.82, 2.24) is 10.2 Å². The van der Waals surface area contributed by atoms with E-state index in [1.807, 2.05) is 54.6 Å². The number of sulfonamides is 1. The molecule has 0 saturated heterocycles. The number of carbonyl (C=O) groups excluding carboxylic acids is 2. The summed E-state index contributed by atoms with van der Waals surface area (Å²) in [6, 6.07) is 30.6. The third-order valence-electron chi connectivity index (χ3n) is 7.96. The molecule has 5 rings (SSSR count). The fraction of sp³-hybridized carbons (Fsp3) is 0.257. The smallest absolute Gasteiger partial charge is 0.264 e. The predicted octanol–water partition coefficient (Wildman–Crippen LogP) is 7.00. The highest BCUT2D eigenvalue weighted by Gasteiger charge is 2.35. The van der Waals surface area contributed by atoms with Crippen LogP contribution >= 0.6 is 27.5 Å². The number of anilines is 1. The van der Waals surface area contributed by atoms with Crippen molar-refractivity contribution in [1.29, 1.82) is 0 Å². The molecule has 1 atom stereocenters. The van der Waals surface area contributed by atoms with Crippen molar-refractivity contribution >= 4 is 55.1 Å². The summed E-state index contributed by atoms with van der Waals surface area (Å²) in [6.07, 6.45) is 4.15. The SMILES string of the molecule is O=C(NC1CCCC1)[C@H](Cc1ccccc1)N(Cc1ccc(Br)cc1)C(=O)CN(c1ccc(Cl)cc1)S(=O)(=O)c1ccccc1. The number of nitrogens with zero attached hydrogens (tertiary/aromatic N) is 2. The summed E-state index contributed by atoms with van der Waals surface area (Å²) in [5.41, 5.74) is 1.99. The van der Waals surface area contributed by atoms with Gasteiger partial charge in [0.05, 0.1) is 10.6 Å². The molecule has 0 spiro atoms. The highest BCUT2D eigenvalue weighted by Crippen LogP contribution is 2.27. The monoisotopic (exact) mass is 707 g/mol. The summed E-state index contributed by atoms with van der Waals surface area (Å²) in [7, 11) is -4.16. The number of benzene rings is 4. The minimum atomic E-state index is -4.16. The standard InChI is InChI=1S/C35H35BrClN3O4S/c36-28-17-15-27(16-18-28)24-39(33(23-26-9-3-1-4-10-26)35(42)38-30-11-7-8-12-30)34(41)25-40(31-21-19-29(37)20-22-31)45(43,44)32-13-5-2-6-14-32/h1-6,9-10,13-22,30,33H,7-8,11-12,23-25H2,(H,38,42)/t33-/m0/s1. The average Bonchev–Trinajstić information content (AvgIpc) is 3.57. The molecule has 234 valence electrons. The first-order valence-corrected chi connectivity index (χ1v) is 17.5. The maximum Gasteiger partial charge on any atom is 0.264 e. The van der Waals surface area contributed by atoms with E-state index in [2.05, 4.69) is 21.2 Å². The van der Waals surface area contributed by atoms with E-state index in [-0.39, 0.29) is 35.5 Å². The Hall–Kier alpha value is -3.66. The molecule has 2 amide bonds. The molecule has 0 heterocycles. The average molecular weight is 709 g/mol. The van der Waals surface area contributed by atoms with Gasteiger partial charge < -0.3 is 10.2 Å². The van der Waals surface area contributed by atoms with Gasteiger partial charge in [-0.25, -0.2) is 8.42 Å². The van der Waals surface area contributed by atoms with E-state index in [9.17, 15) is 18.0 Å². The van der Waals surface area contributed by atoms with Gasteiger partial charge in [0.2, 0.25) is 11.8 Å². The molecule has 1 aliphatic rings. The van der Waals surface area contributed by atoms with Crippen molar-refractivity contribution in [2.75, 3.05) is 10.8 Å². The Bertz CT molecular complexity index is 1680. The fourth-order valence-electron chi connectivity index (χ4n) is 5.56. The highest BCUT2D eigenvalue weighted by atomic mass is 79.9. The summed E-state index contributed by atoms with van der Waals surface area (Å²) < 4.78 is 30.0. The van der Waals surface area contributed by atoms with Crippen LogP contribution in [0.5, 0.6) is 0 Å². The van der Waals surface area contributed by atoms with Gasteiger partial charge in [-0.15, -0.1) is 0 Å². The molecule has 0 unspecified atom stereocenters. The van der Waals surface area contributed by atoms with E-state index in [0.717, 1.165) is 45.6 Å². The van der Waals surface area contributed by atoms with Gasteiger partial charge in [-0.2, -0.15) is 0 Å². The topological polar surface area (TPSA) is 86.8 Å². The predicted molar refractivity (Wildman–Crippen MR) is 181 cm³/mol. The minimum absolute atomic E-state index is 0.0458. The Morgan fingerprint density at radius 1 is 0.822 bits per heavy atom. The van der Waals surface area contributed by atoms with Crippen molar-refractivity contribution in [3.8, 4) is 0 Å². The first-order chi connectivity index (χ1) is 21.7. The normalized spacial score (nSPS) is 14.1. The molecule has 1 aliphatic carbocycles. The quantitative estimate of drug-likeness (QED) is 0.172. The molecule has 0 radical (unpaired) electrons. The summed E-state index contributed by atoms with van der Waals surface area (Å²) in [5.74, 6) is -0.755. The number of nitrogens with one attached hydrogen (secondary N) is 1. The van der Waals surface area contributed by atoms with E-state index in [1.165, 1.54) is 17.0 Å². The van der Waals surface area contributed by atoms with Gasteiger partial charge in [-0.1, -0.05) is 101 Å². The molecule has 0 bridgehead atoms. The zero-order valence-electron chi connectivity index (χ0n) is 24.7. The molecule has 4 aromatic rings. The van der Waals surface area contributed by atoms with Crippen molar-refractivity contribution in [3.63, 3.8) is 0 Å². The Kier molecular flexibility index (Phi) is 11.0. The number of hydrogen-bond acceptors (Lipinski definition) is 4. The second-order valence-electron chi connectivity index (χ2n) is 11.1. The Morgan fingerprint density at radius 2 is 1.42 bits per heavy atom. The first-order valence-electron chi connectivity index (χ1n) is 14.9. The number of hydrogen-bond donors (Lipinski definition) is 1. The van der Waals surface area contributed by atoms with Crippen molar-refractivity contribution in [3.05, 3.63) is 130 Å². The molecule has 1 saturated carbocycles. The molecule has 4 aromatic carbocycles. The van der Waals surface area contributed by atoms with Gasteiger partial charge in [-0.3, -0.25) is 13.9 Å². The van der Waals surface area contributed by atoms with Crippen LogP contribution in [0.2, 0.25) is 5.02 Å². The number of halogens is 2. The molecule has 1 fully saturated rings. The lowest BCUT2D eigenvalue weighted by Crippen LogP contribution is -2.54. The number of carbonyl (C=O) groups is 2. The van der Waals surface area contributed by atoms with Gasteiger partial charge in [0.25, 0.3) is 10.0 Å². The highest BCUT2D eigenvalue weighted by molar-refractivity contribution is 9.10. The van der Waals surface area contributed by atoms with Crippen LogP contribution in [-0.2, 0) is 32.6 Å². The maximum absolute atomic E-state index is 14.5. The molecular weight excluding hydrogens is 674 g/mol. The first kappa shape index (κ1) is 32.7. The van der Waals surface area contributed by atoms with Crippen LogP contribution in [0.1, 0.15) is 36.8 Å².